The standard InChI is InChI=1S/C26H23F4N5O4/c1-2-39-23-15(12-20(31)36)11-19(35-21(23)14-3-5-16(27)6-4-14)25(38,26(28,29)30)13-34-24(37)22-17-7-9-32-18(17)8-10-33-22/h3-11,32,38H,2,12-13H2,1H3,(H2,31,36)(H,34,37)/t25-/m0/s1. The van der Waals surface area contributed by atoms with E-state index in [0.29, 0.717) is 10.9 Å². The zero-order valence-corrected chi connectivity index (χ0v) is 20.5. The van der Waals surface area contributed by atoms with Crippen molar-refractivity contribution in [2.75, 3.05) is 13.2 Å². The quantitative estimate of drug-likeness (QED) is 0.238. The molecule has 0 aliphatic carbocycles. The first-order valence-electron chi connectivity index (χ1n) is 11.7. The highest BCUT2D eigenvalue weighted by atomic mass is 19.4. The Morgan fingerprint density at radius 2 is 1.87 bits per heavy atom. The van der Waals surface area contributed by atoms with Crippen LogP contribution in [0.3, 0.4) is 0 Å². The van der Waals surface area contributed by atoms with Crippen molar-refractivity contribution in [3.05, 3.63) is 77.6 Å². The lowest BCUT2D eigenvalue weighted by Gasteiger charge is -2.31. The summed E-state index contributed by atoms with van der Waals surface area (Å²) in [5, 5.41) is 13.5. The third-order valence-electron chi connectivity index (χ3n) is 5.91. The highest BCUT2D eigenvalue weighted by molar-refractivity contribution is 6.04. The van der Waals surface area contributed by atoms with Crippen molar-refractivity contribution in [2.24, 2.45) is 5.73 Å². The van der Waals surface area contributed by atoms with Crippen molar-refractivity contribution in [2.45, 2.75) is 25.1 Å². The van der Waals surface area contributed by atoms with Crippen LogP contribution >= 0.6 is 0 Å². The van der Waals surface area contributed by atoms with Gasteiger partial charge in [-0.15, -0.1) is 0 Å². The van der Waals surface area contributed by atoms with E-state index in [1.54, 1.807) is 13.0 Å². The van der Waals surface area contributed by atoms with Crippen LogP contribution in [0.25, 0.3) is 22.2 Å². The molecule has 3 heterocycles. The van der Waals surface area contributed by atoms with Crippen molar-refractivity contribution >= 4 is 22.7 Å². The van der Waals surface area contributed by atoms with Crippen LogP contribution in [0.1, 0.15) is 28.7 Å². The van der Waals surface area contributed by atoms with Crippen LogP contribution < -0.4 is 15.8 Å². The molecule has 0 bridgehead atoms. The van der Waals surface area contributed by atoms with Gasteiger partial charge in [0.05, 0.1) is 25.3 Å². The van der Waals surface area contributed by atoms with Crippen LogP contribution in [0.15, 0.2) is 54.9 Å². The number of hydrogen-bond acceptors (Lipinski definition) is 6. The van der Waals surface area contributed by atoms with E-state index in [9.17, 15) is 32.3 Å². The number of aliphatic hydroxyl groups is 1. The van der Waals surface area contributed by atoms with Crippen LogP contribution in [-0.4, -0.2) is 51.2 Å². The number of nitrogens with two attached hydrogens (primary N) is 1. The predicted molar refractivity (Wildman–Crippen MR) is 132 cm³/mol. The minimum atomic E-state index is -5.34. The highest BCUT2D eigenvalue weighted by Crippen LogP contribution is 2.42. The van der Waals surface area contributed by atoms with Crippen LogP contribution in [0.4, 0.5) is 17.6 Å². The summed E-state index contributed by atoms with van der Waals surface area (Å²) >= 11 is 0. The van der Waals surface area contributed by atoms with E-state index in [-0.39, 0.29) is 34.9 Å². The molecule has 1 aromatic carbocycles. The van der Waals surface area contributed by atoms with Gasteiger partial charge in [0.2, 0.25) is 11.5 Å². The first-order chi connectivity index (χ1) is 18.4. The van der Waals surface area contributed by atoms with Crippen molar-refractivity contribution in [1.29, 1.82) is 0 Å². The summed E-state index contributed by atoms with van der Waals surface area (Å²) < 4.78 is 62.5. The molecule has 39 heavy (non-hydrogen) atoms. The maximum atomic E-state index is 14.4. The molecule has 4 aromatic rings. The summed E-state index contributed by atoms with van der Waals surface area (Å²) in [5.41, 5.74) is 0.966. The lowest BCUT2D eigenvalue weighted by molar-refractivity contribution is -0.265. The topological polar surface area (TPSA) is 143 Å². The second-order valence-electron chi connectivity index (χ2n) is 8.57. The third kappa shape index (κ3) is 5.53. The molecule has 9 nitrogen and oxygen atoms in total. The molecule has 0 spiro atoms. The number of ether oxygens (including phenoxy) is 1. The number of alkyl halides is 3. The fourth-order valence-electron chi connectivity index (χ4n) is 4.02. The number of rotatable bonds is 9. The van der Waals surface area contributed by atoms with E-state index in [1.807, 2.05) is 0 Å². The van der Waals surface area contributed by atoms with E-state index >= 15 is 0 Å². The van der Waals surface area contributed by atoms with E-state index in [0.717, 1.165) is 18.2 Å². The molecule has 13 heteroatoms. The lowest BCUT2D eigenvalue weighted by Crippen LogP contribution is -2.51. The van der Waals surface area contributed by atoms with Crippen molar-refractivity contribution in [1.82, 2.24) is 20.3 Å². The zero-order chi connectivity index (χ0) is 28.4. The Bertz CT molecular complexity index is 1520. The maximum Gasteiger partial charge on any atom is 0.424 e. The molecule has 0 saturated carbocycles. The predicted octanol–water partition coefficient (Wildman–Crippen LogP) is 3.37. The van der Waals surface area contributed by atoms with Gasteiger partial charge in [-0.05, 0) is 49.4 Å². The number of aromatic nitrogens is 3. The van der Waals surface area contributed by atoms with Gasteiger partial charge in [-0.25, -0.2) is 9.37 Å². The van der Waals surface area contributed by atoms with Crippen molar-refractivity contribution in [3.8, 4) is 17.0 Å². The first kappa shape index (κ1) is 27.5. The molecule has 5 N–H and O–H groups in total. The molecule has 3 aromatic heterocycles. The van der Waals surface area contributed by atoms with Gasteiger partial charge in [0, 0.05) is 34.4 Å². The van der Waals surface area contributed by atoms with E-state index in [4.69, 9.17) is 10.5 Å². The number of pyridine rings is 2. The molecule has 204 valence electrons. The summed E-state index contributed by atoms with van der Waals surface area (Å²) in [7, 11) is 0. The largest absolute Gasteiger partial charge is 0.491 e. The Balaban J connectivity index is 1.82. The molecule has 2 amide bonds. The Morgan fingerprint density at radius 1 is 1.15 bits per heavy atom. The Hall–Kier alpha value is -4.52. The van der Waals surface area contributed by atoms with Crippen molar-refractivity contribution in [3.63, 3.8) is 0 Å². The first-order valence-corrected chi connectivity index (χ1v) is 11.7. The number of fused-ring (bicyclic) bond motifs is 1. The molecule has 0 fully saturated rings. The smallest absolute Gasteiger partial charge is 0.424 e. The number of nitrogens with one attached hydrogen (secondary N) is 2. The summed E-state index contributed by atoms with van der Waals surface area (Å²) in [6.07, 6.45) is -3.03. The monoisotopic (exact) mass is 545 g/mol. The summed E-state index contributed by atoms with van der Waals surface area (Å²) in [4.78, 5) is 35.5. The molecule has 0 unspecified atom stereocenters. The fraction of sp³-hybridized carbons (Fsp3) is 0.231. The molecule has 1 atom stereocenters. The second-order valence-corrected chi connectivity index (χ2v) is 8.57. The second kappa shape index (κ2) is 10.7. The lowest BCUT2D eigenvalue weighted by atomic mass is 9.93. The normalized spacial score (nSPS) is 13.2. The SMILES string of the molecule is CCOc1c(CC(N)=O)cc([C@@](O)(CNC(=O)c2nccc3[nH]ccc23)C(F)(F)F)nc1-c1ccc(F)cc1. The number of amides is 2. The van der Waals surface area contributed by atoms with Crippen LogP contribution in [-0.2, 0) is 16.8 Å². The zero-order valence-electron chi connectivity index (χ0n) is 20.5. The van der Waals surface area contributed by atoms with Gasteiger partial charge in [0.1, 0.15) is 23.0 Å². The number of primary amides is 1. The van der Waals surface area contributed by atoms with Gasteiger partial charge in [0.25, 0.3) is 5.91 Å². The molecule has 0 radical (unpaired) electrons. The molecule has 4 rings (SSSR count). The Kier molecular flexibility index (Phi) is 7.54. The third-order valence-corrected chi connectivity index (χ3v) is 5.91. The Labute approximate surface area is 219 Å². The van der Waals surface area contributed by atoms with E-state index in [1.165, 1.54) is 30.6 Å². The molecular weight excluding hydrogens is 522 g/mol. The van der Waals surface area contributed by atoms with Gasteiger partial charge in [-0.1, -0.05) is 0 Å². The Morgan fingerprint density at radius 3 is 2.51 bits per heavy atom. The molecule has 0 aliphatic heterocycles. The van der Waals surface area contributed by atoms with Gasteiger partial charge in [-0.3, -0.25) is 14.6 Å². The van der Waals surface area contributed by atoms with Gasteiger partial charge < -0.3 is 25.9 Å². The van der Waals surface area contributed by atoms with E-state index in [2.05, 4.69) is 20.3 Å². The van der Waals surface area contributed by atoms with Gasteiger partial charge >= 0.3 is 6.18 Å². The highest BCUT2D eigenvalue weighted by Gasteiger charge is 2.56. The number of benzene rings is 1. The molecule has 0 aliphatic rings. The number of hydrogen-bond donors (Lipinski definition) is 4. The minimum Gasteiger partial charge on any atom is -0.491 e. The average molecular weight is 545 g/mol. The summed E-state index contributed by atoms with van der Waals surface area (Å²) in [6, 6.07) is 8.63. The van der Waals surface area contributed by atoms with E-state index < -0.39 is 48.1 Å². The number of halogens is 4. The van der Waals surface area contributed by atoms with Crippen LogP contribution in [0, 0.1) is 5.82 Å². The summed E-state index contributed by atoms with van der Waals surface area (Å²) in [6.45, 7) is 0.326. The number of nitrogens with zero attached hydrogens (tertiary/aromatic N) is 2. The molecular formula is C26H23F4N5O4. The average Bonchev–Trinajstić information content (AvgIpc) is 3.36. The fourth-order valence-corrected chi connectivity index (χ4v) is 4.02. The van der Waals surface area contributed by atoms with Gasteiger partial charge in [0.15, 0.2) is 0 Å². The van der Waals surface area contributed by atoms with Crippen LogP contribution in [0.5, 0.6) is 5.75 Å². The van der Waals surface area contributed by atoms with Crippen LogP contribution in [0.2, 0.25) is 0 Å². The number of carbonyl (C=O) groups excluding carboxylic acids is 2. The number of H-pyrrole nitrogens is 1. The number of carbonyl (C=O) groups is 2. The maximum absolute atomic E-state index is 14.4. The minimum absolute atomic E-state index is 0.0523. The van der Waals surface area contributed by atoms with Crippen molar-refractivity contribution < 1.29 is 37.0 Å². The summed E-state index contributed by atoms with van der Waals surface area (Å²) in [5.74, 6) is -2.51. The number of aromatic amines is 1. The van der Waals surface area contributed by atoms with Gasteiger partial charge in [-0.2, -0.15) is 13.2 Å². The molecule has 0 saturated heterocycles.